The second-order valence-electron chi connectivity index (χ2n) is 15.4. The summed E-state index contributed by atoms with van der Waals surface area (Å²) in [6.45, 7) is 0. The van der Waals surface area contributed by atoms with Gasteiger partial charge in [-0.05, 0) is 72.4 Å². The standard InChI is InChI=1S/C54H38N7/c55-50(58-54-56-48(42-29-23-34-11-1-3-15-40(34)31-42)33-49(57-54)43-30-24-35-12-2-4-16-41(35)32-43)38-25-27-39(28-26-38)51-59-52(46-21-9-17-36-13-5-7-19-44(36)46)61-53(60-51)47-22-10-18-37-14-6-8-20-45(37)47/h1-33,50,52H,55H2,(H-,56,57,58,59,60,61)/q-1/p+1. The topological polar surface area (TPSA) is 104 Å². The van der Waals surface area contributed by atoms with Crippen LogP contribution in [0, 0.1) is 0 Å². The van der Waals surface area contributed by atoms with E-state index in [1.165, 1.54) is 10.8 Å². The molecule has 2 atom stereocenters. The summed E-state index contributed by atoms with van der Waals surface area (Å²) < 4.78 is 0. The molecule has 0 saturated heterocycles. The minimum Gasteiger partial charge on any atom is -0.438 e. The van der Waals surface area contributed by atoms with Crippen LogP contribution in [-0.2, 0) is 0 Å². The van der Waals surface area contributed by atoms with Crippen molar-refractivity contribution in [3.05, 3.63) is 228 Å². The fourth-order valence-electron chi connectivity index (χ4n) is 8.33. The Kier molecular flexibility index (Phi) is 9.06. The predicted octanol–water partition coefficient (Wildman–Crippen LogP) is 12.1. The van der Waals surface area contributed by atoms with Crippen LogP contribution in [0.4, 0.5) is 5.95 Å². The molecule has 1 aliphatic rings. The molecule has 0 aliphatic carbocycles. The molecule has 0 bridgehead atoms. The second-order valence-corrected chi connectivity index (χ2v) is 15.4. The van der Waals surface area contributed by atoms with E-state index in [9.17, 15) is 0 Å². The maximum atomic E-state index is 5.21. The Balaban J connectivity index is 0.934. The van der Waals surface area contributed by atoms with E-state index in [-0.39, 0.29) is 6.17 Å². The second kappa shape index (κ2) is 15.3. The highest BCUT2D eigenvalue weighted by molar-refractivity contribution is 6.21. The summed E-state index contributed by atoms with van der Waals surface area (Å²) in [6, 6.07) is 69.4. The number of fused-ring (bicyclic) bond motifs is 4. The highest BCUT2D eigenvalue weighted by Gasteiger charge is 2.19. The summed E-state index contributed by atoms with van der Waals surface area (Å²) in [4.78, 5) is 20.5. The molecule has 290 valence electrons. The highest BCUT2D eigenvalue weighted by atomic mass is 15.2. The lowest BCUT2D eigenvalue weighted by Crippen LogP contribution is -2.57. The van der Waals surface area contributed by atoms with Crippen molar-refractivity contribution < 1.29 is 5.73 Å². The zero-order valence-corrected chi connectivity index (χ0v) is 33.2. The van der Waals surface area contributed by atoms with Gasteiger partial charge in [-0.1, -0.05) is 188 Å². The largest absolute Gasteiger partial charge is 0.438 e. The first kappa shape index (κ1) is 36.1. The number of quaternary nitrogens is 1. The van der Waals surface area contributed by atoms with Gasteiger partial charge in [-0.3, -0.25) is 4.99 Å². The SMILES string of the molecule is [NH3+]C(Nc1nc(-c2ccc3ccccc3c2)cc(-c2ccc3ccccc3c2)n1)c1ccc(C2=NC(c3cccc4ccccc34)=NC(c3cccc4ccccc34)[N-]2)cc1. The number of amidine groups is 2. The first-order valence-corrected chi connectivity index (χ1v) is 20.5. The Morgan fingerprint density at radius 2 is 1.00 bits per heavy atom. The van der Waals surface area contributed by atoms with E-state index in [2.05, 4.69) is 211 Å². The molecule has 7 nitrogen and oxygen atoms in total. The number of hydrogen-bond acceptors (Lipinski definition) is 5. The van der Waals surface area contributed by atoms with Gasteiger partial charge >= 0.3 is 0 Å². The molecule has 0 fully saturated rings. The fraction of sp³-hybridized carbons (Fsp3) is 0.0370. The number of nitrogens with zero attached hydrogens (tertiary/aromatic N) is 5. The Morgan fingerprint density at radius 1 is 0.475 bits per heavy atom. The van der Waals surface area contributed by atoms with Crippen molar-refractivity contribution in [1.82, 2.24) is 9.97 Å². The van der Waals surface area contributed by atoms with E-state index in [0.717, 1.165) is 77.1 Å². The third kappa shape index (κ3) is 7.03. The summed E-state index contributed by atoms with van der Waals surface area (Å²) in [7, 11) is 0. The molecule has 0 amide bonds. The molecule has 0 saturated carbocycles. The molecule has 0 radical (unpaired) electrons. The number of hydrogen-bond donors (Lipinski definition) is 2. The lowest BCUT2D eigenvalue weighted by atomic mass is 10.0. The van der Waals surface area contributed by atoms with Crippen molar-refractivity contribution in [3.63, 3.8) is 0 Å². The van der Waals surface area contributed by atoms with Gasteiger partial charge in [-0.15, -0.1) is 0 Å². The number of nitrogens with one attached hydrogen (secondary N) is 1. The first-order chi connectivity index (χ1) is 30.1. The van der Waals surface area contributed by atoms with Crippen molar-refractivity contribution in [3.8, 4) is 22.5 Å². The quantitative estimate of drug-likeness (QED) is 0.150. The van der Waals surface area contributed by atoms with Gasteiger partial charge in [-0.2, -0.15) is 0 Å². The third-order valence-corrected chi connectivity index (χ3v) is 11.5. The summed E-state index contributed by atoms with van der Waals surface area (Å²) >= 11 is 0. The van der Waals surface area contributed by atoms with E-state index in [4.69, 9.17) is 25.3 Å². The molecule has 1 aromatic heterocycles. The van der Waals surface area contributed by atoms with Crippen LogP contribution in [0.3, 0.4) is 0 Å². The van der Waals surface area contributed by atoms with Crippen LogP contribution in [0.5, 0.6) is 0 Å². The zero-order chi connectivity index (χ0) is 40.7. The van der Waals surface area contributed by atoms with Crippen LogP contribution in [0.1, 0.15) is 34.6 Å². The molecule has 7 heteroatoms. The molecular formula is C54H39N7. The van der Waals surface area contributed by atoms with E-state index >= 15 is 0 Å². The van der Waals surface area contributed by atoms with Gasteiger partial charge in [0, 0.05) is 22.3 Å². The van der Waals surface area contributed by atoms with Crippen molar-refractivity contribution in [1.29, 1.82) is 0 Å². The average Bonchev–Trinajstić information content (AvgIpc) is 3.33. The van der Waals surface area contributed by atoms with Crippen LogP contribution in [0.25, 0.3) is 70.9 Å². The summed E-state index contributed by atoms with van der Waals surface area (Å²) in [5, 5.41) is 17.9. The summed E-state index contributed by atoms with van der Waals surface area (Å²) in [5.41, 5.74) is 12.1. The molecular weight excluding hydrogens is 747 g/mol. The average molecular weight is 786 g/mol. The van der Waals surface area contributed by atoms with Gasteiger partial charge in [0.25, 0.3) is 0 Å². The fourth-order valence-corrected chi connectivity index (χ4v) is 8.33. The molecule has 4 N–H and O–H groups in total. The Bertz CT molecular complexity index is 3250. The van der Waals surface area contributed by atoms with Gasteiger partial charge in [0.15, 0.2) is 6.17 Å². The van der Waals surface area contributed by atoms with Crippen molar-refractivity contribution in [2.24, 2.45) is 9.98 Å². The molecule has 61 heavy (non-hydrogen) atoms. The molecule has 2 heterocycles. The molecule has 2 unspecified atom stereocenters. The number of anilines is 1. The number of aliphatic imine (C=N–C) groups is 2. The van der Waals surface area contributed by atoms with Crippen LogP contribution >= 0.6 is 0 Å². The van der Waals surface area contributed by atoms with E-state index < -0.39 is 6.17 Å². The van der Waals surface area contributed by atoms with Crippen LogP contribution in [-0.4, -0.2) is 21.6 Å². The highest BCUT2D eigenvalue weighted by Crippen LogP contribution is 2.36. The normalized spacial score (nSPS) is 14.4. The van der Waals surface area contributed by atoms with E-state index in [1.807, 2.05) is 0 Å². The van der Waals surface area contributed by atoms with E-state index in [1.54, 1.807) is 0 Å². The lowest BCUT2D eigenvalue weighted by Gasteiger charge is -2.33. The molecule has 0 spiro atoms. The van der Waals surface area contributed by atoms with Crippen molar-refractivity contribution in [2.45, 2.75) is 12.3 Å². The maximum absolute atomic E-state index is 5.21. The molecule has 9 aromatic carbocycles. The van der Waals surface area contributed by atoms with Gasteiger partial charge in [0.2, 0.25) is 5.95 Å². The molecule has 1 aliphatic heterocycles. The van der Waals surface area contributed by atoms with Crippen molar-refractivity contribution in [2.75, 3.05) is 5.32 Å². The minimum atomic E-state index is -0.474. The molecule has 11 rings (SSSR count). The monoisotopic (exact) mass is 785 g/mol. The van der Waals surface area contributed by atoms with Gasteiger partial charge in [-0.25, -0.2) is 9.97 Å². The summed E-state index contributed by atoms with van der Waals surface area (Å²) in [5.74, 6) is 1.78. The number of aromatic nitrogens is 2. The van der Waals surface area contributed by atoms with E-state index in [0.29, 0.717) is 17.6 Å². The number of rotatable bonds is 8. The summed E-state index contributed by atoms with van der Waals surface area (Å²) in [6.07, 6.45) is -0.829. The van der Waals surface area contributed by atoms with Crippen LogP contribution < -0.4 is 11.1 Å². The van der Waals surface area contributed by atoms with Crippen LogP contribution in [0.2, 0.25) is 0 Å². The van der Waals surface area contributed by atoms with Crippen molar-refractivity contribution >= 4 is 60.7 Å². The smallest absolute Gasteiger partial charge is 0.228 e. The molecule has 10 aromatic rings. The third-order valence-electron chi connectivity index (χ3n) is 11.5. The first-order valence-electron chi connectivity index (χ1n) is 20.5. The van der Waals surface area contributed by atoms with Crippen LogP contribution in [0.15, 0.2) is 210 Å². The lowest BCUT2D eigenvalue weighted by molar-refractivity contribution is -0.416. The maximum Gasteiger partial charge on any atom is 0.228 e. The Morgan fingerprint density at radius 3 is 1.66 bits per heavy atom. The Hall–Kier alpha value is -8.00. The van der Waals surface area contributed by atoms with Gasteiger partial charge < -0.3 is 21.4 Å². The minimum absolute atomic E-state index is 0.355. The Labute approximate surface area is 353 Å². The number of benzene rings is 9. The zero-order valence-electron chi connectivity index (χ0n) is 33.2. The van der Waals surface area contributed by atoms with Gasteiger partial charge in [0.1, 0.15) is 0 Å². The van der Waals surface area contributed by atoms with Gasteiger partial charge in [0.05, 0.1) is 23.4 Å². The predicted molar refractivity (Wildman–Crippen MR) is 251 cm³/mol.